The van der Waals surface area contributed by atoms with Crippen molar-refractivity contribution < 1.29 is 9.53 Å². The number of nitrogen functional groups attached to an aromatic ring is 1. The number of rotatable bonds is 3. The first-order chi connectivity index (χ1) is 9.00. The van der Waals surface area contributed by atoms with Crippen LogP contribution in [-0.2, 0) is 9.53 Å². The molecule has 19 heavy (non-hydrogen) atoms. The number of anilines is 1. The van der Waals surface area contributed by atoms with Gasteiger partial charge in [0.1, 0.15) is 0 Å². The molecule has 3 unspecified atom stereocenters. The number of ether oxygens (including phenoxy) is 1. The number of hydrogen-bond acceptors (Lipinski definition) is 3. The molecule has 0 aliphatic carbocycles. The van der Waals surface area contributed by atoms with Crippen molar-refractivity contribution in [3.05, 3.63) is 29.8 Å². The van der Waals surface area contributed by atoms with E-state index in [1.807, 2.05) is 50.1 Å². The first-order valence-corrected chi connectivity index (χ1v) is 6.74. The number of nitrogens with two attached hydrogens (primary N) is 1. The van der Waals surface area contributed by atoms with Gasteiger partial charge < -0.3 is 15.4 Å². The lowest BCUT2D eigenvalue weighted by atomic mass is 9.98. The van der Waals surface area contributed by atoms with Gasteiger partial charge in [0, 0.05) is 19.3 Å². The fourth-order valence-corrected chi connectivity index (χ4v) is 2.67. The Morgan fingerprint density at radius 3 is 2.84 bits per heavy atom. The standard InChI is InChI=1S/C15H22N2O2/c1-10(12-5-4-6-13(16)9-12)15(18)17(3)14-7-8-19-11(14)2/h4-6,9-11,14H,7-8,16H2,1-3H3. The summed E-state index contributed by atoms with van der Waals surface area (Å²) in [4.78, 5) is 14.3. The Labute approximate surface area is 114 Å². The first-order valence-electron chi connectivity index (χ1n) is 6.74. The van der Waals surface area contributed by atoms with E-state index in [1.165, 1.54) is 0 Å². The van der Waals surface area contributed by atoms with E-state index in [1.54, 1.807) is 0 Å². The van der Waals surface area contributed by atoms with Crippen LogP contribution in [0.15, 0.2) is 24.3 Å². The molecule has 1 fully saturated rings. The summed E-state index contributed by atoms with van der Waals surface area (Å²) in [6.07, 6.45) is 1.02. The van der Waals surface area contributed by atoms with Crippen LogP contribution >= 0.6 is 0 Å². The maximum Gasteiger partial charge on any atom is 0.229 e. The molecule has 1 saturated heterocycles. The molecule has 1 aromatic rings. The topological polar surface area (TPSA) is 55.6 Å². The monoisotopic (exact) mass is 262 g/mol. The van der Waals surface area contributed by atoms with E-state index in [0.29, 0.717) is 5.69 Å². The second kappa shape index (κ2) is 5.61. The van der Waals surface area contributed by atoms with Crippen LogP contribution in [0.4, 0.5) is 5.69 Å². The third-order valence-electron chi connectivity index (χ3n) is 3.96. The van der Waals surface area contributed by atoms with Crippen molar-refractivity contribution in [2.75, 3.05) is 19.4 Å². The van der Waals surface area contributed by atoms with Crippen LogP contribution in [0.2, 0.25) is 0 Å². The minimum Gasteiger partial charge on any atom is -0.399 e. The van der Waals surface area contributed by atoms with Gasteiger partial charge in [0.2, 0.25) is 5.91 Å². The Kier molecular flexibility index (Phi) is 4.10. The summed E-state index contributed by atoms with van der Waals surface area (Å²) in [6.45, 7) is 4.68. The van der Waals surface area contributed by atoms with Crippen LogP contribution in [0.1, 0.15) is 31.7 Å². The van der Waals surface area contributed by atoms with E-state index in [4.69, 9.17) is 10.5 Å². The predicted octanol–water partition coefficient (Wildman–Crippen LogP) is 2.01. The molecule has 1 aliphatic rings. The zero-order chi connectivity index (χ0) is 14.0. The SMILES string of the molecule is CC(C(=O)N(C)C1CCOC1C)c1cccc(N)c1. The number of likely N-dealkylation sites (N-methyl/N-ethyl adjacent to an activating group) is 1. The smallest absolute Gasteiger partial charge is 0.229 e. The summed E-state index contributed by atoms with van der Waals surface area (Å²) in [5, 5.41) is 0. The Hall–Kier alpha value is -1.55. The van der Waals surface area contributed by atoms with Crippen molar-refractivity contribution in [3.63, 3.8) is 0 Å². The highest BCUT2D eigenvalue weighted by molar-refractivity contribution is 5.83. The van der Waals surface area contributed by atoms with Crippen molar-refractivity contribution in [2.24, 2.45) is 0 Å². The highest BCUT2D eigenvalue weighted by Crippen LogP contribution is 2.24. The van der Waals surface area contributed by atoms with E-state index in [9.17, 15) is 4.79 Å². The normalized spacial score (nSPS) is 24.2. The van der Waals surface area contributed by atoms with Crippen molar-refractivity contribution >= 4 is 11.6 Å². The summed E-state index contributed by atoms with van der Waals surface area (Å²) in [6, 6.07) is 7.70. The molecule has 1 aliphatic heterocycles. The molecule has 1 aromatic carbocycles. The van der Waals surface area contributed by atoms with Gasteiger partial charge in [-0.25, -0.2) is 0 Å². The molecule has 2 rings (SSSR count). The lowest BCUT2D eigenvalue weighted by Crippen LogP contribution is -2.42. The van der Waals surface area contributed by atoms with Gasteiger partial charge in [-0.05, 0) is 38.0 Å². The van der Waals surface area contributed by atoms with Crippen LogP contribution in [0, 0.1) is 0 Å². The van der Waals surface area contributed by atoms with Gasteiger partial charge in [0.05, 0.1) is 18.1 Å². The summed E-state index contributed by atoms with van der Waals surface area (Å²) >= 11 is 0. The maximum atomic E-state index is 12.5. The fourth-order valence-electron chi connectivity index (χ4n) is 2.67. The zero-order valence-corrected chi connectivity index (χ0v) is 11.8. The predicted molar refractivity (Wildman–Crippen MR) is 75.9 cm³/mol. The number of carbonyl (C=O) groups excluding carboxylic acids is 1. The van der Waals surface area contributed by atoms with Gasteiger partial charge in [-0.1, -0.05) is 12.1 Å². The lowest BCUT2D eigenvalue weighted by Gasteiger charge is -2.29. The minimum absolute atomic E-state index is 0.113. The quantitative estimate of drug-likeness (QED) is 0.848. The van der Waals surface area contributed by atoms with Gasteiger partial charge >= 0.3 is 0 Å². The highest BCUT2D eigenvalue weighted by atomic mass is 16.5. The van der Waals surface area contributed by atoms with E-state index in [2.05, 4.69) is 0 Å². The second-order valence-electron chi connectivity index (χ2n) is 5.27. The zero-order valence-electron chi connectivity index (χ0n) is 11.8. The molecule has 0 aromatic heterocycles. The van der Waals surface area contributed by atoms with E-state index >= 15 is 0 Å². The average Bonchev–Trinajstić information content (AvgIpc) is 2.82. The van der Waals surface area contributed by atoms with Crippen LogP contribution in [0.3, 0.4) is 0 Å². The molecule has 104 valence electrons. The number of carbonyl (C=O) groups is 1. The van der Waals surface area contributed by atoms with Gasteiger partial charge in [0.25, 0.3) is 0 Å². The highest BCUT2D eigenvalue weighted by Gasteiger charge is 2.32. The molecule has 4 heteroatoms. The van der Waals surface area contributed by atoms with E-state index in [-0.39, 0.29) is 24.0 Å². The molecule has 1 amide bonds. The van der Waals surface area contributed by atoms with Gasteiger partial charge in [-0.2, -0.15) is 0 Å². The fraction of sp³-hybridized carbons (Fsp3) is 0.533. The molecule has 0 radical (unpaired) electrons. The number of benzene rings is 1. The number of nitrogens with zero attached hydrogens (tertiary/aromatic N) is 1. The Bertz CT molecular complexity index is 461. The molecular weight excluding hydrogens is 240 g/mol. The van der Waals surface area contributed by atoms with Gasteiger partial charge in [-0.15, -0.1) is 0 Å². The summed E-state index contributed by atoms with van der Waals surface area (Å²) in [5.74, 6) is -0.0609. The van der Waals surface area contributed by atoms with Crippen LogP contribution in [0.25, 0.3) is 0 Å². The molecule has 1 heterocycles. The van der Waals surface area contributed by atoms with Gasteiger partial charge in [-0.3, -0.25) is 4.79 Å². The molecule has 0 spiro atoms. The van der Waals surface area contributed by atoms with Crippen molar-refractivity contribution in [3.8, 4) is 0 Å². The van der Waals surface area contributed by atoms with Crippen LogP contribution in [0.5, 0.6) is 0 Å². The maximum absolute atomic E-state index is 12.5. The molecule has 2 N–H and O–H groups in total. The van der Waals surface area contributed by atoms with E-state index in [0.717, 1.165) is 18.6 Å². The van der Waals surface area contributed by atoms with Crippen molar-refractivity contribution in [1.82, 2.24) is 4.90 Å². The third-order valence-corrected chi connectivity index (χ3v) is 3.96. The van der Waals surface area contributed by atoms with E-state index < -0.39 is 0 Å². The van der Waals surface area contributed by atoms with Crippen molar-refractivity contribution in [1.29, 1.82) is 0 Å². The Morgan fingerprint density at radius 1 is 1.53 bits per heavy atom. The first kappa shape index (κ1) is 13.9. The Morgan fingerprint density at radius 2 is 2.26 bits per heavy atom. The number of amides is 1. The molecular formula is C15H22N2O2. The average molecular weight is 262 g/mol. The molecule has 0 bridgehead atoms. The summed E-state index contributed by atoms with van der Waals surface area (Å²) in [5.41, 5.74) is 7.43. The second-order valence-corrected chi connectivity index (χ2v) is 5.27. The molecule has 0 saturated carbocycles. The molecule has 4 nitrogen and oxygen atoms in total. The molecule has 3 atom stereocenters. The largest absolute Gasteiger partial charge is 0.399 e. The minimum atomic E-state index is -0.179. The third kappa shape index (κ3) is 2.89. The van der Waals surface area contributed by atoms with Gasteiger partial charge in [0.15, 0.2) is 0 Å². The summed E-state index contributed by atoms with van der Waals surface area (Å²) < 4.78 is 5.53. The van der Waals surface area contributed by atoms with Crippen molar-refractivity contribution in [2.45, 2.75) is 38.3 Å². The number of hydrogen-bond donors (Lipinski definition) is 1. The van der Waals surface area contributed by atoms with Crippen LogP contribution in [-0.4, -0.2) is 36.6 Å². The summed E-state index contributed by atoms with van der Waals surface area (Å²) in [7, 11) is 1.86. The Balaban J connectivity index is 2.10. The lowest BCUT2D eigenvalue weighted by molar-refractivity contribution is -0.134. The van der Waals surface area contributed by atoms with Crippen LogP contribution < -0.4 is 5.73 Å².